The Labute approximate surface area is 127 Å². The van der Waals surface area contributed by atoms with E-state index >= 15 is 0 Å². The van der Waals surface area contributed by atoms with Crippen LogP contribution in [0.2, 0.25) is 0 Å². The van der Waals surface area contributed by atoms with Gasteiger partial charge in [-0.25, -0.2) is 8.42 Å². The fraction of sp³-hybridized carbons (Fsp3) is 0.733. The summed E-state index contributed by atoms with van der Waals surface area (Å²) < 4.78 is 31.8. The summed E-state index contributed by atoms with van der Waals surface area (Å²) in [6.45, 7) is 7.27. The van der Waals surface area contributed by atoms with Gasteiger partial charge in [0.25, 0.3) is 10.0 Å². The van der Waals surface area contributed by atoms with Crippen LogP contribution in [-0.2, 0) is 16.6 Å². The van der Waals surface area contributed by atoms with Crippen molar-refractivity contribution in [2.75, 3.05) is 13.6 Å². The molecule has 6 heteroatoms. The van der Waals surface area contributed by atoms with Crippen LogP contribution in [0.3, 0.4) is 0 Å². The van der Waals surface area contributed by atoms with Crippen LogP contribution in [-0.4, -0.2) is 31.9 Å². The molecule has 0 aliphatic heterocycles. The van der Waals surface area contributed by atoms with Crippen LogP contribution in [0.1, 0.15) is 45.8 Å². The molecular formula is C15H26N2O3S. The van der Waals surface area contributed by atoms with Gasteiger partial charge in [-0.3, -0.25) is 0 Å². The third-order valence-corrected chi connectivity index (χ3v) is 5.53. The zero-order chi connectivity index (χ0) is 15.7. The Morgan fingerprint density at radius 3 is 2.52 bits per heavy atom. The summed E-state index contributed by atoms with van der Waals surface area (Å²) in [6.07, 6.45) is 3.46. The standard InChI is InChI=1S/C15H26N2O3S/c1-15(2,3)16-10-13-8-9-14(20-13)21(18,19)17(4)11-12-6-5-7-12/h8-9,12,16H,5-7,10-11H2,1-4H3. The van der Waals surface area contributed by atoms with Crippen molar-refractivity contribution in [1.82, 2.24) is 9.62 Å². The van der Waals surface area contributed by atoms with Gasteiger partial charge in [-0.1, -0.05) is 6.42 Å². The summed E-state index contributed by atoms with van der Waals surface area (Å²) >= 11 is 0. The largest absolute Gasteiger partial charge is 0.447 e. The average Bonchev–Trinajstić information content (AvgIpc) is 2.79. The Kier molecular flexibility index (Phi) is 4.80. The Hall–Kier alpha value is -0.850. The van der Waals surface area contributed by atoms with E-state index in [1.54, 1.807) is 19.2 Å². The maximum absolute atomic E-state index is 12.4. The van der Waals surface area contributed by atoms with Crippen molar-refractivity contribution >= 4 is 10.0 Å². The predicted molar refractivity (Wildman–Crippen MR) is 82.5 cm³/mol. The molecule has 0 atom stereocenters. The number of sulfonamides is 1. The van der Waals surface area contributed by atoms with Gasteiger partial charge in [0.1, 0.15) is 5.76 Å². The quantitative estimate of drug-likeness (QED) is 0.876. The lowest BCUT2D eigenvalue weighted by Gasteiger charge is -2.29. The summed E-state index contributed by atoms with van der Waals surface area (Å²) in [5, 5.41) is 3.32. The lowest BCUT2D eigenvalue weighted by Crippen LogP contribution is -2.35. The van der Waals surface area contributed by atoms with Gasteiger partial charge in [-0.2, -0.15) is 4.31 Å². The zero-order valence-electron chi connectivity index (χ0n) is 13.3. The molecule has 5 nitrogen and oxygen atoms in total. The van der Waals surface area contributed by atoms with E-state index in [4.69, 9.17) is 4.42 Å². The lowest BCUT2D eigenvalue weighted by molar-refractivity contribution is 0.259. The molecule has 120 valence electrons. The molecule has 1 heterocycles. The second kappa shape index (κ2) is 6.10. The minimum atomic E-state index is -3.50. The molecule has 0 bridgehead atoms. The molecule has 0 spiro atoms. The molecule has 0 unspecified atom stereocenters. The molecule has 0 radical (unpaired) electrons. The van der Waals surface area contributed by atoms with E-state index < -0.39 is 10.0 Å². The van der Waals surface area contributed by atoms with Gasteiger partial charge >= 0.3 is 0 Å². The van der Waals surface area contributed by atoms with Crippen molar-refractivity contribution in [1.29, 1.82) is 0 Å². The fourth-order valence-electron chi connectivity index (χ4n) is 2.23. The van der Waals surface area contributed by atoms with Gasteiger partial charge in [0.2, 0.25) is 5.09 Å². The van der Waals surface area contributed by atoms with Crippen molar-refractivity contribution in [3.63, 3.8) is 0 Å². The highest BCUT2D eigenvalue weighted by Gasteiger charge is 2.29. The fourth-order valence-corrected chi connectivity index (χ4v) is 3.40. The third kappa shape index (κ3) is 4.31. The number of nitrogens with zero attached hydrogens (tertiary/aromatic N) is 1. The van der Waals surface area contributed by atoms with E-state index in [0.29, 0.717) is 24.8 Å². The van der Waals surface area contributed by atoms with E-state index in [2.05, 4.69) is 26.1 Å². The molecule has 1 fully saturated rings. The minimum absolute atomic E-state index is 0.0349. The molecular weight excluding hydrogens is 288 g/mol. The highest BCUT2D eigenvalue weighted by Crippen LogP contribution is 2.28. The minimum Gasteiger partial charge on any atom is -0.447 e. The Bertz CT molecular complexity index is 568. The van der Waals surface area contributed by atoms with Crippen molar-refractivity contribution < 1.29 is 12.8 Å². The Balaban J connectivity index is 2.01. The van der Waals surface area contributed by atoms with Gasteiger partial charge in [0, 0.05) is 19.1 Å². The van der Waals surface area contributed by atoms with Crippen molar-refractivity contribution in [3.05, 3.63) is 17.9 Å². The number of nitrogens with one attached hydrogen (secondary N) is 1. The molecule has 1 aromatic rings. The van der Waals surface area contributed by atoms with Crippen LogP contribution in [0.4, 0.5) is 0 Å². The van der Waals surface area contributed by atoms with E-state index in [-0.39, 0.29) is 10.6 Å². The predicted octanol–water partition coefficient (Wildman–Crippen LogP) is 2.59. The lowest BCUT2D eigenvalue weighted by atomic mass is 9.86. The van der Waals surface area contributed by atoms with Crippen LogP contribution in [0.15, 0.2) is 21.6 Å². The van der Waals surface area contributed by atoms with Crippen molar-refractivity contribution in [3.8, 4) is 0 Å². The SMILES string of the molecule is CN(CC1CCC1)S(=O)(=O)c1ccc(CNC(C)(C)C)o1. The van der Waals surface area contributed by atoms with E-state index in [9.17, 15) is 8.42 Å². The first-order valence-corrected chi connectivity index (χ1v) is 8.92. The van der Waals surface area contributed by atoms with Gasteiger partial charge in [0.15, 0.2) is 0 Å². The maximum atomic E-state index is 12.4. The smallest absolute Gasteiger partial charge is 0.276 e. The van der Waals surface area contributed by atoms with Crippen LogP contribution < -0.4 is 5.32 Å². The molecule has 0 aromatic carbocycles. The second-order valence-electron chi connectivity index (χ2n) is 6.91. The summed E-state index contributed by atoms with van der Waals surface area (Å²) in [5.41, 5.74) is -0.0349. The van der Waals surface area contributed by atoms with Crippen LogP contribution in [0.5, 0.6) is 0 Å². The normalized spacial score (nSPS) is 17.2. The monoisotopic (exact) mass is 314 g/mol. The van der Waals surface area contributed by atoms with E-state index in [1.807, 2.05) is 0 Å². The molecule has 1 aliphatic carbocycles. The summed E-state index contributed by atoms with van der Waals surface area (Å²) in [5.74, 6) is 1.14. The Morgan fingerprint density at radius 1 is 1.33 bits per heavy atom. The number of furan rings is 1. The molecule has 1 saturated carbocycles. The average molecular weight is 314 g/mol. The molecule has 1 aliphatic rings. The first-order chi connectivity index (χ1) is 9.68. The highest BCUT2D eigenvalue weighted by molar-refractivity contribution is 7.89. The molecule has 2 rings (SSSR count). The molecule has 0 saturated heterocycles. The zero-order valence-corrected chi connectivity index (χ0v) is 14.2. The first kappa shape index (κ1) is 16.5. The summed E-state index contributed by atoms with van der Waals surface area (Å²) in [7, 11) is -1.88. The van der Waals surface area contributed by atoms with E-state index in [1.165, 1.54) is 10.7 Å². The van der Waals surface area contributed by atoms with Crippen LogP contribution >= 0.6 is 0 Å². The number of hydrogen-bond acceptors (Lipinski definition) is 4. The third-order valence-electron chi connectivity index (χ3n) is 3.83. The van der Waals surface area contributed by atoms with Gasteiger partial charge < -0.3 is 9.73 Å². The van der Waals surface area contributed by atoms with Crippen molar-refractivity contribution in [2.24, 2.45) is 5.92 Å². The summed E-state index contributed by atoms with van der Waals surface area (Å²) in [4.78, 5) is 0. The topological polar surface area (TPSA) is 62.6 Å². The first-order valence-electron chi connectivity index (χ1n) is 7.48. The van der Waals surface area contributed by atoms with Gasteiger partial charge in [0.05, 0.1) is 6.54 Å². The van der Waals surface area contributed by atoms with Crippen LogP contribution in [0.25, 0.3) is 0 Å². The van der Waals surface area contributed by atoms with E-state index in [0.717, 1.165) is 12.8 Å². The van der Waals surface area contributed by atoms with Gasteiger partial charge in [-0.05, 0) is 51.7 Å². The molecule has 1 aromatic heterocycles. The van der Waals surface area contributed by atoms with Crippen LogP contribution in [0, 0.1) is 5.92 Å². The summed E-state index contributed by atoms with van der Waals surface area (Å²) in [6, 6.07) is 3.27. The second-order valence-corrected chi connectivity index (χ2v) is 8.88. The molecule has 0 amide bonds. The Morgan fingerprint density at radius 2 is 2.00 bits per heavy atom. The van der Waals surface area contributed by atoms with Crippen molar-refractivity contribution in [2.45, 2.75) is 57.2 Å². The maximum Gasteiger partial charge on any atom is 0.276 e. The molecule has 1 N–H and O–H groups in total. The number of hydrogen-bond donors (Lipinski definition) is 1. The highest BCUT2D eigenvalue weighted by atomic mass is 32.2. The molecule has 21 heavy (non-hydrogen) atoms. The van der Waals surface area contributed by atoms with Gasteiger partial charge in [-0.15, -0.1) is 0 Å². The number of rotatable bonds is 6.